The molecule has 0 saturated heterocycles. The minimum atomic E-state index is -5.35. The zero-order chi connectivity index (χ0) is 18.8. The van der Waals surface area contributed by atoms with E-state index in [1.54, 1.807) is 0 Å². The highest BCUT2D eigenvalue weighted by molar-refractivity contribution is 7.61. The van der Waals surface area contributed by atoms with Crippen molar-refractivity contribution < 1.29 is 65.3 Å². The van der Waals surface area contributed by atoms with Gasteiger partial charge in [-0.05, 0) is 12.1 Å². The molecule has 14 nitrogen and oxygen atoms in total. The maximum atomic E-state index is 11.3. The summed E-state index contributed by atoms with van der Waals surface area (Å²) in [5.41, 5.74) is 0. The summed E-state index contributed by atoms with van der Waals surface area (Å²) >= 11 is 0. The largest absolute Gasteiger partial charge is 0.536 e. The Morgan fingerprint density at radius 1 is 0.667 bits per heavy atom. The van der Waals surface area contributed by atoms with Crippen LogP contribution in [0.1, 0.15) is 0 Å². The van der Waals surface area contributed by atoms with Gasteiger partial charge in [-0.15, -0.1) is 0 Å². The van der Waals surface area contributed by atoms with E-state index in [-0.39, 0.29) is 0 Å². The second-order valence-corrected chi connectivity index (χ2v) is 9.25. The molecule has 0 aliphatic carbocycles. The van der Waals surface area contributed by atoms with Crippen LogP contribution < -0.4 is 9.05 Å². The lowest BCUT2D eigenvalue weighted by molar-refractivity contribution is 0.227. The summed E-state index contributed by atoms with van der Waals surface area (Å²) in [6.07, 6.45) is 0. The molecule has 0 spiro atoms. The van der Waals surface area contributed by atoms with Crippen LogP contribution in [0.5, 0.6) is 11.5 Å². The van der Waals surface area contributed by atoms with Crippen LogP contribution in [0.2, 0.25) is 0 Å². The number of hydrogen-bond donors (Lipinski definition) is 6. The van der Waals surface area contributed by atoms with Gasteiger partial charge in [-0.25, -0.2) is 18.3 Å². The number of phosphoric ester groups is 2. The molecule has 0 heterocycles. The molecule has 0 saturated carbocycles. The highest BCUT2D eigenvalue weighted by Crippen LogP contribution is 2.59. The molecule has 0 amide bonds. The minimum absolute atomic E-state index is 0.594. The molecule has 18 heteroatoms. The predicted octanol–water partition coefficient (Wildman–Crippen LogP) is 0.864. The van der Waals surface area contributed by atoms with Crippen molar-refractivity contribution in [3.05, 3.63) is 24.3 Å². The zero-order valence-corrected chi connectivity index (χ0v) is 14.6. The minimum Gasteiger partial charge on any atom is -0.404 e. The van der Waals surface area contributed by atoms with Crippen LogP contribution in [0.15, 0.2) is 24.3 Å². The fourth-order valence-corrected chi connectivity index (χ4v) is 4.33. The van der Waals surface area contributed by atoms with E-state index in [1.807, 2.05) is 0 Å². The Balaban J connectivity index is 2.92. The molecule has 24 heavy (non-hydrogen) atoms. The standard InChI is InChI=1S/C6H10O14P4/c7-21(8,9)19-23(13,14)17-5-2-1-3-6(4-5)18-24(15,16)20-22(10,11)12/h1-4H,(H,13,14)(H,15,16)(H2,7,8,9)(H2,10,11,12). The van der Waals surface area contributed by atoms with Gasteiger partial charge in [-0.3, -0.25) is 9.79 Å². The summed E-state index contributed by atoms with van der Waals surface area (Å²) in [5, 5.41) is 0. The smallest absolute Gasteiger partial charge is 0.404 e. The Kier molecular flexibility index (Phi) is 6.57. The fraction of sp³-hybridized carbons (Fsp3) is 0. The number of benzene rings is 1. The molecular weight excluding hydrogens is 420 g/mol. The first-order valence-corrected chi connectivity index (χ1v) is 11.3. The lowest BCUT2D eigenvalue weighted by Gasteiger charge is -2.15. The van der Waals surface area contributed by atoms with Crippen molar-refractivity contribution >= 4 is 31.3 Å². The highest BCUT2D eigenvalue weighted by Gasteiger charge is 2.35. The van der Waals surface area contributed by atoms with Gasteiger partial charge >= 0.3 is 31.3 Å². The Bertz CT molecular complexity index is 714. The van der Waals surface area contributed by atoms with Gasteiger partial charge in [-0.2, -0.15) is 8.62 Å². The molecule has 1 aromatic carbocycles. The molecule has 0 aromatic heterocycles. The van der Waals surface area contributed by atoms with Gasteiger partial charge in [0.25, 0.3) is 0 Å². The molecule has 0 bridgehead atoms. The highest BCUT2D eigenvalue weighted by atomic mass is 31.3. The van der Waals surface area contributed by atoms with Crippen LogP contribution in [-0.2, 0) is 26.9 Å². The van der Waals surface area contributed by atoms with E-state index in [4.69, 9.17) is 29.4 Å². The molecule has 2 unspecified atom stereocenters. The van der Waals surface area contributed by atoms with Crippen LogP contribution in [0.3, 0.4) is 0 Å². The van der Waals surface area contributed by atoms with Crippen LogP contribution in [0.4, 0.5) is 0 Å². The van der Waals surface area contributed by atoms with Crippen molar-refractivity contribution in [2.24, 2.45) is 0 Å². The van der Waals surface area contributed by atoms with Crippen molar-refractivity contribution in [2.45, 2.75) is 0 Å². The second-order valence-electron chi connectivity index (χ2n) is 3.74. The summed E-state index contributed by atoms with van der Waals surface area (Å²) in [6, 6.07) is 3.67. The third kappa shape index (κ3) is 9.05. The monoisotopic (exact) mass is 430 g/mol. The van der Waals surface area contributed by atoms with E-state index >= 15 is 0 Å². The third-order valence-electron chi connectivity index (χ3n) is 1.67. The summed E-state index contributed by atoms with van der Waals surface area (Å²) in [6.45, 7) is 0. The topological polar surface area (TPSA) is 227 Å². The molecule has 0 fully saturated rings. The van der Waals surface area contributed by atoms with Crippen LogP contribution in [-0.4, -0.2) is 29.4 Å². The quantitative estimate of drug-likeness (QED) is 0.315. The van der Waals surface area contributed by atoms with Gasteiger partial charge < -0.3 is 28.6 Å². The molecule has 1 rings (SSSR count). The summed E-state index contributed by atoms with van der Waals surface area (Å²) < 4.78 is 59.3. The third-order valence-corrected chi connectivity index (χ3v) is 5.90. The first kappa shape index (κ1) is 21.5. The first-order chi connectivity index (χ1) is 10.6. The lowest BCUT2D eigenvalue weighted by atomic mass is 10.3. The summed E-state index contributed by atoms with van der Waals surface area (Å²) in [7, 11) is -21.2. The Morgan fingerprint density at radius 2 is 1.00 bits per heavy atom. The predicted molar refractivity (Wildman–Crippen MR) is 73.6 cm³/mol. The maximum absolute atomic E-state index is 11.3. The van der Waals surface area contributed by atoms with E-state index in [2.05, 4.69) is 17.7 Å². The van der Waals surface area contributed by atoms with Crippen LogP contribution in [0, 0.1) is 0 Å². The van der Waals surface area contributed by atoms with Crippen molar-refractivity contribution in [1.82, 2.24) is 0 Å². The SMILES string of the molecule is O=P(O)(O)OP(=O)(O)Oc1cccc(OP(=O)(O)OP(=O)(O)O)c1. The van der Waals surface area contributed by atoms with Crippen molar-refractivity contribution in [3.63, 3.8) is 0 Å². The van der Waals surface area contributed by atoms with Gasteiger partial charge in [0.2, 0.25) is 0 Å². The average Bonchev–Trinajstić information content (AvgIpc) is 2.19. The normalized spacial score (nSPS) is 17.6. The lowest BCUT2D eigenvalue weighted by Crippen LogP contribution is -1.98. The molecule has 0 aliphatic heterocycles. The molecule has 138 valence electrons. The van der Waals surface area contributed by atoms with Gasteiger partial charge in [0.05, 0.1) is 0 Å². The van der Waals surface area contributed by atoms with Gasteiger partial charge in [0.1, 0.15) is 11.5 Å². The number of phosphoric acid groups is 4. The summed E-state index contributed by atoms with van der Waals surface area (Å²) in [4.78, 5) is 52.0. The van der Waals surface area contributed by atoms with E-state index in [9.17, 15) is 18.3 Å². The van der Waals surface area contributed by atoms with Gasteiger partial charge in [-0.1, -0.05) is 6.07 Å². The fourth-order valence-electron chi connectivity index (χ4n) is 1.16. The molecule has 0 aliphatic rings. The van der Waals surface area contributed by atoms with E-state index in [1.165, 1.54) is 0 Å². The van der Waals surface area contributed by atoms with E-state index in [0.717, 1.165) is 18.2 Å². The van der Waals surface area contributed by atoms with Gasteiger partial charge in [0.15, 0.2) is 0 Å². The van der Waals surface area contributed by atoms with Crippen LogP contribution in [0.25, 0.3) is 0 Å². The van der Waals surface area contributed by atoms with Crippen molar-refractivity contribution in [3.8, 4) is 11.5 Å². The number of hydrogen-bond acceptors (Lipinski definition) is 8. The van der Waals surface area contributed by atoms with Crippen molar-refractivity contribution in [1.29, 1.82) is 0 Å². The number of rotatable bonds is 8. The zero-order valence-electron chi connectivity index (χ0n) is 11.0. The molecule has 6 N–H and O–H groups in total. The second kappa shape index (κ2) is 7.35. The summed E-state index contributed by atoms with van der Waals surface area (Å²) in [5.74, 6) is -1.19. The maximum Gasteiger partial charge on any atom is 0.536 e. The molecular formula is C6H10O14P4. The van der Waals surface area contributed by atoms with E-state index < -0.39 is 42.8 Å². The molecule has 2 atom stereocenters. The Hall–Kier alpha value is -0.580. The average molecular weight is 430 g/mol. The first-order valence-electron chi connectivity index (χ1n) is 5.26. The van der Waals surface area contributed by atoms with Crippen molar-refractivity contribution in [2.75, 3.05) is 0 Å². The Morgan fingerprint density at radius 3 is 1.29 bits per heavy atom. The Labute approximate surface area is 133 Å². The van der Waals surface area contributed by atoms with E-state index in [0.29, 0.717) is 6.07 Å². The van der Waals surface area contributed by atoms with Gasteiger partial charge in [0, 0.05) is 6.07 Å². The molecule has 0 radical (unpaired) electrons. The molecule has 1 aromatic rings. The van der Waals surface area contributed by atoms with Crippen LogP contribution >= 0.6 is 31.3 Å².